The Bertz CT molecular complexity index is 404. The van der Waals surface area contributed by atoms with Gasteiger partial charge in [0, 0.05) is 12.5 Å². The SMILES string of the molecule is CCCCCCCCC=CCCCCCCCCCCCCC(C(N)=O)C(CC)CO. The molecule has 3 nitrogen and oxygen atoms in total. The molecule has 2 atom stereocenters. The van der Waals surface area contributed by atoms with E-state index in [1.54, 1.807) is 0 Å². The van der Waals surface area contributed by atoms with Gasteiger partial charge in [-0.3, -0.25) is 4.79 Å². The van der Waals surface area contributed by atoms with Crippen molar-refractivity contribution < 1.29 is 9.90 Å². The van der Waals surface area contributed by atoms with E-state index in [2.05, 4.69) is 19.1 Å². The first-order chi connectivity index (χ1) is 15.2. The van der Waals surface area contributed by atoms with Crippen LogP contribution in [0.4, 0.5) is 0 Å². The van der Waals surface area contributed by atoms with Gasteiger partial charge in [0.1, 0.15) is 0 Å². The zero-order valence-corrected chi connectivity index (χ0v) is 21.1. The third-order valence-corrected chi connectivity index (χ3v) is 6.72. The van der Waals surface area contributed by atoms with Crippen LogP contribution in [0.15, 0.2) is 12.2 Å². The van der Waals surface area contributed by atoms with Crippen LogP contribution in [0.5, 0.6) is 0 Å². The van der Waals surface area contributed by atoms with Gasteiger partial charge in [0.25, 0.3) is 0 Å². The van der Waals surface area contributed by atoms with E-state index in [4.69, 9.17) is 5.73 Å². The van der Waals surface area contributed by atoms with Gasteiger partial charge in [-0.25, -0.2) is 0 Å². The molecule has 31 heavy (non-hydrogen) atoms. The quantitative estimate of drug-likeness (QED) is 0.118. The Hall–Kier alpha value is -0.830. The Morgan fingerprint density at radius 2 is 1.13 bits per heavy atom. The zero-order chi connectivity index (χ0) is 23.0. The number of carbonyl (C=O) groups excluding carboxylic acids is 1. The second-order valence-electron chi connectivity index (χ2n) is 9.50. The summed E-state index contributed by atoms with van der Waals surface area (Å²) in [4.78, 5) is 11.6. The Kier molecular flexibility index (Phi) is 23.2. The molecule has 2 unspecified atom stereocenters. The summed E-state index contributed by atoms with van der Waals surface area (Å²) >= 11 is 0. The van der Waals surface area contributed by atoms with E-state index >= 15 is 0 Å². The van der Waals surface area contributed by atoms with Crippen LogP contribution in [-0.2, 0) is 4.79 Å². The van der Waals surface area contributed by atoms with Crippen LogP contribution in [0, 0.1) is 11.8 Å². The van der Waals surface area contributed by atoms with E-state index in [9.17, 15) is 9.90 Å². The van der Waals surface area contributed by atoms with Crippen molar-refractivity contribution in [2.75, 3.05) is 6.61 Å². The van der Waals surface area contributed by atoms with Gasteiger partial charge in [-0.05, 0) is 38.0 Å². The summed E-state index contributed by atoms with van der Waals surface area (Å²) in [6.07, 6.45) is 30.3. The first kappa shape index (κ1) is 30.2. The summed E-state index contributed by atoms with van der Waals surface area (Å²) in [5.41, 5.74) is 5.52. The number of rotatable bonds is 24. The molecule has 3 N–H and O–H groups in total. The molecule has 1 amide bonds. The molecule has 0 aromatic heterocycles. The number of carbonyl (C=O) groups is 1. The van der Waals surface area contributed by atoms with E-state index in [-0.39, 0.29) is 24.3 Å². The van der Waals surface area contributed by atoms with Crippen LogP contribution in [-0.4, -0.2) is 17.6 Å². The molecule has 0 aliphatic rings. The highest BCUT2D eigenvalue weighted by Gasteiger charge is 2.23. The number of amides is 1. The highest BCUT2D eigenvalue weighted by atomic mass is 16.3. The molecular formula is C28H55NO2. The fraction of sp³-hybridized carbons (Fsp3) is 0.893. The molecule has 0 saturated carbocycles. The highest BCUT2D eigenvalue weighted by Crippen LogP contribution is 2.22. The van der Waals surface area contributed by atoms with Gasteiger partial charge >= 0.3 is 0 Å². The summed E-state index contributed by atoms with van der Waals surface area (Å²) in [5.74, 6) is -0.358. The number of hydrogen-bond acceptors (Lipinski definition) is 2. The molecule has 0 aliphatic heterocycles. The van der Waals surface area contributed by atoms with Crippen molar-refractivity contribution in [1.82, 2.24) is 0 Å². The Morgan fingerprint density at radius 3 is 1.52 bits per heavy atom. The number of aliphatic hydroxyl groups is 1. The van der Waals surface area contributed by atoms with Crippen LogP contribution in [0.2, 0.25) is 0 Å². The standard InChI is InChI=1S/C28H55NO2/c1-3-5-6-7-8-9-10-11-12-13-14-15-16-17-18-19-20-21-22-23-24-27(28(29)31)26(4-2)25-30/h11-12,26-27,30H,3-10,13-25H2,1-2H3,(H2,29,31). The number of hydrogen-bond donors (Lipinski definition) is 2. The first-order valence-electron chi connectivity index (χ1n) is 13.7. The smallest absolute Gasteiger partial charge is 0.220 e. The van der Waals surface area contributed by atoms with Gasteiger partial charge < -0.3 is 10.8 Å². The number of unbranched alkanes of at least 4 members (excludes halogenated alkanes) is 16. The molecule has 184 valence electrons. The zero-order valence-electron chi connectivity index (χ0n) is 21.1. The van der Waals surface area contributed by atoms with Gasteiger partial charge in [0.15, 0.2) is 0 Å². The lowest BCUT2D eigenvalue weighted by molar-refractivity contribution is -0.124. The Labute approximate surface area is 194 Å². The molecule has 0 rings (SSSR count). The van der Waals surface area contributed by atoms with Crippen molar-refractivity contribution in [1.29, 1.82) is 0 Å². The van der Waals surface area contributed by atoms with Gasteiger partial charge in [-0.1, -0.05) is 122 Å². The lowest BCUT2D eigenvalue weighted by atomic mass is 9.85. The molecule has 0 fully saturated rings. The topological polar surface area (TPSA) is 63.3 Å². The molecule has 0 heterocycles. The van der Waals surface area contributed by atoms with Crippen LogP contribution in [0.1, 0.15) is 142 Å². The van der Waals surface area contributed by atoms with E-state index in [1.807, 2.05) is 6.92 Å². The van der Waals surface area contributed by atoms with Crippen molar-refractivity contribution in [2.24, 2.45) is 17.6 Å². The predicted molar refractivity (Wildman–Crippen MR) is 136 cm³/mol. The minimum atomic E-state index is -0.241. The van der Waals surface area contributed by atoms with E-state index in [0.717, 1.165) is 19.3 Å². The fourth-order valence-electron chi connectivity index (χ4n) is 4.47. The fourth-order valence-corrected chi connectivity index (χ4v) is 4.47. The van der Waals surface area contributed by atoms with E-state index < -0.39 is 0 Å². The summed E-state index contributed by atoms with van der Waals surface area (Å²) in [6, 6.07) is 0. The van der Waals surface area contributed by atoms with Crippen molar-refractivity contribution in [3.05, 3.63) is 12.2 Å². The molecule has 3 heteroatoms. The monoisotopic (exact) mass is 437 g/mol. The number of primary amides is 1. The predicted octanol–water partition coefficient (Wildman–Crippen LogP) is 8.09. The van der Waals surface area contributed by atoms with Crippen molar-refractivity contribution >= 4 is 5.91 Å². The van der Waals surface area contributed by atoms with Crippen molar-refractivity contribution in [3.63, 3.8) is 0 Å². The highest BCUT2D eigenvalue weighted by molar-refractivity contribution is 5.76. The number of nitrogens with two attached hydrogens (primary N) is 1. The molecule has 0 bridgehead atoms. The third kappa shape index (κ3) is 19.6. The molecule has 0 aliphatic carbocycles. The van der Waals surface area contributed by atoms with Gasteiger partial charge in [0.05, 0.1) is 0 Å². The van der Waals surface area contributed by atoms with Gasteiger partial charge in [-0.2, -0.15) is 0 Å². The van der Waals surface area contributed by atoms with Crippen molar-refractivity contribution in [3.8, 4) is 0 Å². The molecule has 0 aromatic rings. The average Bonchev–Trinajstić information content (AvgIpc) is 2.77. The van der Waals surface area contributed by atoms with Crippen molar-refractivity contribution in [2.45, 2.75) is 142 Å². The maximum Gasteiger partial charge on any atom is 0.220 e. The maximum atomic E-state index is 11.6. The van der Waals surface area contributed by atoms with E-state index in [0.29, 0.717) is 0 Å². The summed E-state index contributed by atoms with van der Waals surface area (Å²) in [5, 5.41) is 9.40. The normalized spacial score (nSPS) is 13.6. The second-order valence-corrected chi connectivity index (χ2v) is 9.50. The lowest BCUT2D eigenvalue weighted by Crippen LogP contribution is -2.31. The number of allylic oxidation sites excluding steroid dienone is 2. The first-order valence-corrected chi connectivity index (χ1v) is 13.7. The summed E-state index contributed by atoms with van der Waals surface area (Å²) in [7, 11) is 0. The van der Waals surface area contributed by atoms with Gasteiger partial charge in [-0.15, -0.1) is 0 Å². The lowest BCUT2D eigenvalue weighted by Gasteiger charge is -2.21. The summed E-state index contributed by atoms with van der Waals surface area (Å²) < 4.78 is 0. The minimum Gasteiger partial charge on any atom is -0.396 e. The summed E-state index contributed by atoms with van der Waals surface area (Å²) in [6.45, 7) is 4.36. The molecule has 0 spiro atoms. The average molecular weight is 438 g/mol. The van der Waals surface area contributed by atoms with Crippen LogP contribution < -0.4 is 5.73 Å². The van der Waals surface area contributed by atoms with Crippen LogP contribution in [0.25, 0.3) is 0 Å². The Balaban J connectivity index is 3.36. The number of aliphatic hydroxyl groups excluding tert-OH is 1. The molecular weight excluding hydrogens is 382 g/mol. The third-order valence-electron chi connectivity index (χ3n) is 6.72. The maximum absolute atomic E-state index is 11.6. The molecule has 0 radical (unpaired) electrons. The van der Waals surface area contributed by atoms with Gasteiger partial charge in [0.2, 0.25) is 5.91 Å². The largest absolute Gasteiger partial charge is 0.396 e. The van der Waals surface area contributed by atoms with Crippen LogP contribution >= 0.6 is 0 Å². The molecule has 0 saturated heterocycles. The Morgan fingerprint density at radius 1 is 0.710 bits per heavy atom. The minimum absolute atomic E-state index is 0.0355. The molecule has 0 aromatic carbocycles. The second kappa shape index (κ2) is 23.8. The van der Waals surface area contributed by atoms with E-state index in [1.165, 1.54) is 109 Å². The van der Waals surface area contributed by atoms with Crippen LogP contribution in [0.3, 0.4) is 0 Å².